The number of nitrogens with zero attached hydrogens (tertiary/aromatic N) is 1. The molecule has 0 radical (unpaired) electrons. The summed E-state index contributed by atoms with van der Waals surface area (Å²) in [4.78, 5) is 34.4. The van der Waals surface area contributed by atoms with Crippen molar-refractivity contribution in [1.82, 2.24) is 5.32 Å². The fourth-order valence-corrected chi connectivity index (χ4v) is 3.11. The van der Waals surface area contributed by atoms with Gasteiger partial charge in [0.2, 0.25) is 0 Å². The molecule has 0 saturated carbocycles. The molecule has 9 heteroatoms. The number of phosphoric acid groups is 1. The van der Waals surface area contributed by atoms with Crippen molar-refractivity contribution in [3.8, 4) is 5.75 Å². The van der Waals surface area contributed by atoms with Gasteiger partial charge in [-0.2, -0.15) is 0 Å². The molecule has 8 nitrogen and oxygen atoms in total. The normalized spacial score (nSPS) is 18.0. The van der Waals surface area contributed by atoms with Crippen LogP contribution in [0.5, 0.6) is 5.75 Å². The quantitative estimate of drug-likeness (QED) is 0.473. The van der Waals surface area contributed by atoms with Crippen LogP contribution in [0.25, 0.3) is 0 Å². The minimum absolute atomic E-state index is 0.0966. The van der Waals surface area contributed by atoms with Crippen LogP contribution < -0.4 is 9.84 Å². The molecular formula is C19H23N2O6P. The number of carbonyl (C=O) groups is 1. The van der Waals surface area contributed by atoms with Crippen LogP contribution in [0.2, 0.25) is 0 Å². The van der Waals surface area contributed by atoms with Gasteiger partial charge in [0.25, 0.3) is 5.91 Å². The fraction of sp³-hybridized carbons (Fsp3) is 0.263. The SMILES string of the molecule is CNC(=O)C1=CC(=C\[C@H](C)Cc2ccc(OP(=O)(O)O)cc2)/C(=N\OC)C=C1. The average molecular weight is 406 g/mol. The molecule has 0 aliphatic heterocycles. The van der Waals surface area contributed by atoms with Gasteiger partial charge in [0.1, 0.15) is 18.6 Å². The van der Waals surface area contributed by atoms with Crippen molar-refractivity contribution in [2.24, 2.45) is 11.1 Å². The van der Waals surface area contributed by atoms with Crippen LogP contribution in [0.15, 0.2) is 64.9 Å². The predicted octanol–water partition coefficient (Wildman–Crippen LogP) is 2.51. The van der Waals surface area contributed by atoms with E-state index in [-0.39, 0.29) is 17.6 Å². The molecule has 1 aliphatic rings. The summed E-state index contributed by atoms with van der Waals surface area (Å²) in [6, 6.07) is 6.52. The Morgan fingerprint density at radius 3 is 2.54 bits per heavy atom. The van der Waals surface area contributed by atoms with Gasteiger partial charge in [-0.25, -0.2) is 4.57 Å². The van der Waals surface area contributed by atoms with E-state index in [2.05, 4.69) is 15.0 Å². The van der Waals surface area contributed by atoms with E-state index in [0.717, 1.165) is 11.1 Å². The first-order chi connectivity index (χ1) is 13.2. The number of benzene rings is 1. The zero-order valence-corrected chi connectivity index (χ0v) is 16.7. The number of rotatable bonds is 7. The maximum Gasteiger partial charge on any atom is 0.524 e. The zero-order chi connectivity index (χ0) is 20.7. The number of amides is 1. The number of oxime groups is 1. The molecule has 1 amide bonds. The van der Waals surface area contributed by atoms with E-state index < -0.39 is 7.82 Å². The fourth-order valence-electron chi connectivity index (χ4n) is 2.72. The topological polar surface area (TPSA) is 117 Å². The van der Waals surface area contributed by atoms with Crippen molar-refractivity contribution in [2.45, 2.75) is 13.3 Å². The zero-order valence-electron chi connectivity index (χ0n) is 15.8. The second-order valence-corrected chi connectivity index (χ2v) is 7.36. The van der Waals surface area contributed by atoms with Gasteiger partial charge in [0, 0.05) is 18.2 Å². The number of allylic oxidation sites excluding steroid dienone is 4. The summed E-state index contributed by atoms with van der Waals surface area (Å²) in [6.07, 6.45) is 7.82. The van der Waals surface area contributed by atoms with Crippen LogP contribution >= 0.6 is 7.82 Å². The number of phosphoric ester groups is 1. The molecule has 1 aromatic rings. The molecule has 2 rings (SSSR count). The van der Waals surface area contributed by atoms with E-state index in [1.165, 1.54) is 19.2 Å². The summed E-state index contributed by atoms with van der Waals surface area (Å²) in [7, 11) is -1.53. The van der Waals surface area contributed by atoms with Gasteiger partial charge >= 0.3 is 7.82 Å². The Balaban J connectivity index is 2.16. The Morgan fingerprint density at radius 1 is 1.29 bits per heavy atom. The van der Waals surface area contributed by atoms with Crippen LogP contribution in [-0.4, -0.2) is 35.6 Å². The van der Waals surface area contributed by atoms with Gasteiger partial charge < -0.3 is 14.7 Å². The smallest absolute Gasteiger partial charge is 0.404 e. The van der Waals surface area contributed by atoms with Crippen LogP contribution in [0.4, 0.5) is 0 Å². The Morgan fingerprint density at radius 2 is 1.96 bits per heavy atom. The molecule has 0 aromatic heterocycles. The maximum atomic E-state index is 11.9. The Hall–Kier alpha value is -2.67. The molecule has 150 valence electrons. The van der Waals surface area contributed by atoms with Gasteiger partial charge in [0.05, 0.1) is 0 Å². The van der Waals surface area contributed by atoms with Crippen LogP contribution in [0.1, 0.15) is 12.5 Å². The Kier molecular flexibility index (Phi) is 7.34. The third-order valence-electron chi connectivity index (χ3n) is 3.88. The van der Waals surface area contributed by atoms with Crippen LogP contribution in [0.3, 0.4) is 0 Å². The summed E-state index contributed by atoms with van der Waals surface area (Å²) in [6.45, 7) is 2.02. The lowest BCUT2D eigenvalue weighted by molar-refractivity contribution is -0.116. The van der Waals surface area contributed by atoms with Crippen molar-refractivity contribution < 1.29 is 28.5 Å². The average Bonchev–Trinajstić information content (AvgIpc) is 2.63. The van der Waals surface area contributed by atoms with Crippen LogP contribution in [-0.2, 0) is 20.6 Å². The van der Waals surface area contributed by atoms with Crippen LogP contribution in [0, 0.1) is 5.92 Å². The number of hydrogen-bond acceptors (Lipinski definition) is 5. The highest BCUT2D eigenvalue weighted by molar-refractivity contribution is 7.46. The lowest BCUT2D eigenvalue weighted by Gasteiger charge is -2.14. The molecule has 1 aliphatic carbocycles. The minimum atomic E-state index is -4.57. The summed E-state index contributed by atoms with van der Waals surface area (Å²) in [5, 5.41) is 6.58. The summed E-state index contributed by atoms with van der Waals surface area (Å²) >= 11 is 0. The van der Waals surface area contributed by atoms with E-state index in [4.69, 9.17) is 14.6 Å². The standard InChI is InChI=1S/C19H23N2O6P/c1-13(10-14-4-7-17(8-5-14)27-28(23,24)25)11-16-12-15(19(22)20-2)6-9-18(16)21-26-3/h4-9,11-13H,10H2,1-3H3,(H,20,22)(H2,23,24,25)/b16-11+,21-18-/t13-/m1/s1. The molecule has 0 unspecified atom stereocenters. The summed E-state index contributed by atoms with van der Waals surface area (Å²) in [5.74, 6) is 0.0133. The Labute approximate surface area is 163 Å². The minimum Gasteiger partial charge on any atom is -0.404 e. The third kappa shape index (κ3) is 6.49. The highest BCUT2D eigenvalue weighted by Crippen LogP contribution is 2.37. The molecule has 1 atom stereocenters. The molecule has 0 heterocycles. The van der Waals surface area contributed by atoms with Crippen molar-refractivity contribution in [3.63, 3.8) is 0 Å². The summed E-state index contributed by atoms with van der Waals surface area (Å²) < 4.78 is 15.4. The van der Waals surface area contributed by atoms with Gasteiger partial charge in [0.15, 0.2) is 0 Å². The number of nitrogens with one attached hydrogen (secondary N) is 1. The second kappa shape index (κ2) is 9.50. The number of carbonyl (C=O) groups excluding carboxylic acids is 1. The Bertz CT molecular complexity index is 880. The summed E-state index contributed by atoms with van der Waals surface area (Å²) in [5.41, 5.74) is 2.88. The largest absolute Gasteiger partial charge is 0.524 e. The first-order valence-corrected chi connectivity index (χ1v) is 10.0. The van der Waals surface area contributed by atoms with Gasteiger partial charge in [-0.15, -0.1) is 0 Å². The molecular weight excluding hydrogens is 383 g/mol. The van der Waals surface area contributed by atoms with E-state index in [1.807, 2.05) is 13.0 Å². The van der Waals surface area contributed by atoms with Crippen molar-refractivity contribution in [3.05, 3.63) is 65.3 Å². The van der Waals surface area contributed by atoms with E-state index >= 15 is 0 Å². The molecule has 28 heavy (non-hydrogen) atoms. The molecule has 0 saturated heterocycles. The van der Waals surface area contributed by atoms with Gasteiger partial charge in [-0.3, -0.25) is 14.6 Å². The molecule has 1 aromatic carbocycles. The van der Waals surface area contributed by atoms with Gasteiger partial charge in [-0.05, 0) is 48.3 Å². The highest BCUT2D eigenvalue weighted by atomic mass is 31.2. The molecule has 0 bridgehead atoms. The molecule has 0 spiro atoms. The monoisotopic (exact) mass is 406 g/mol. The van der Waals surface area contributed by atoms with E-state index in [0.29, 0.717) is 17.7 Å². The first-order valence-electron chi connectivity index (χ1n) is 8.51. The number of hydrogen-bond donors (Lipinski definition) is 3. The van der Waals surface area contributed by atoms with E-state index in [1.54, 1.807) is 37.4 Å². The molecule has 0 fully saturated rings. The van der Waals surface area contributed by atoms with Crippen molar-refractivity contribution in [1.29, 1.82) is 0 Å². The van der Waals surface area contributed by atoms with E-state index in [9.17, 15) is 9.36 Å². The highest BCUT2D eigenvalue weighted by Gasteiger charge is 2.17. The van der Waals surface area contributed by atoms with Gasteiger partial charge in [-0.1, -0.05) is 30.3 Å². The third-order valence-corrected chi connectivity index (χ3v) is 4.32. The predicted molar refractivity (Wildman–Crippen MR) is 106 cm³/mol. The second-order valence-electron chi connectivity index (χ2n) is 6.20. The van der Waals surface area contributed by atoms with Crippen molar-refractivity contribution >= 4 is 19.4 Å². The maximum absolute atomic E-state index is 11.9. The first kappa shape index (κ1) is 21.6. The lowest BCUT2D eigenvalue weighted by Crippen LogP contribution is -2.21. The molecule has 3 N–H and O–H groups in total. The number of likely N-dealkylation sites (N-methyl/N-ethyl adjacent to an activating group) is 1. The lowest BCUT2D eigenvalue weighted by atomic mass is 9.93. The van der Waals surface area contributed by atoms with Crippen molar-refractivity contribution in [2.75, 3.05) is 14.2 Å².